The number of carbonyl (C=O) groups excluding carboxylic acids is 1. The Morgan fingerprint density at radius 3 is 2.45 bits per heavy atom. The predicted octanol–water partition coefficient (Wildman–Crippen LogP) is 5.05. The Balaban J connectivity index is 0.00000405. The summed E-state index contributed by atoms with van der Waals surface area (Å²) < 4.78 is 79.3. The number of rotatable bonds is 8. The number of aryl methyl sites for hydroxylation is 1. The van der Waals surface area contributed by atoms with Crippen LogP contribution in [-0.4, -0.2) is 65.4 Å². The normalized spacial score (nSPS) is 20.5. The van der Waals surface area contributed by atoms with Crippen LogP contribution >= 0.6 is 24.6 Å². The number of ketones is 1. The highest BCUT2D eigenvalue weighted by Gasteiger charge is 2.50. The average molecular weight is 647 g/mol. The summed E-state index contributed by atoms with van der Waals surface area (Å²) in [5.41, 5.74) is 4.63. The van der Waals surface area contributed by atoms with Crippen molar-refractivity contribution in [2.75, 3.05) is 19.6 Å². The zero-order valence-electron chi connectivity index (χ0n) is 22.4. The summed E-state index contributed by atoms with van der Waals surface area (Å²) in [5.74, 6) is -0.0471. The van der Waals surface area contributed by atoms with E-state index < -0.39 is 27.7 Å². The van der Waals surface area contributed by atoms with E-state index in [-0.39, 0.29) is 74.5 Å². The number of nitrogens with one attached hydrogen (secondary N) is 1. The van der Waals surface area contributed by atoms with Gasteiger partial charge in [0.15, 0.2) is 0 Å². The van der Waals surface area contributed by atoms with E-state index in [1.54, 1.807) is 6.07 Å². The van der Waals surface area contributed by atoms with Gasteiger partial charge in [-0.05, 0) is 42.5 Å². The number of alkyl halides is 4. The van der Waals surface area contributed by atoms with Gasteiger partial charge in [0.2, 0.25) is 0 Å². The van der Waals surface area contributed by atoms with Crippen LogP contribution in [0, 0.1) is 0 Å². The van der Waals surface area contributed by atoms with Gasteiger partial charge in [-0.15, -0.1) is 12.4 Å². The number of Topliss-reactive ketones (excluding diaryl/α,β-unsaturated/α-hetero) is 1. The Morgan fingerprint density at radius 1 is 1.12 bits per heavy atom. The zero-order valence-corrected chi connectivity index (χ0v) is 24.9. The molecule has 2 aromatic carbocycles. The van der Waals surface area contributed by atoms with Gasteiger partial charge in [-0.2, -0.15) is 17.5 Å². The van der Waals surface area contributed by atoms with Crippen molar-refractivity contribution in [2.45, 2.75) is 55.9 Å². The molecule has 2 atom stereocenters. The van der Waals surface area contributed by atoms with Crippen LogP contribution in [-0.2, 0) is 21.2 Å². The number of thiocarbonyl (C=S) groups is 1. The monoisotopic (exact) mass is 646 g/mol. The molecule has 0 radical (unpaired) electrons. The molecule has 2 fully saturated rings. The molecule has 0 saturated carbocycles. The fourth-order valence-corrected chi connectivity index (χ4v) is 6.82. The van der Waals surface area contributed by atoms with Crippen LogP contribution in [0.25, 0.3) is 22.0 Å². The predicted molar refractivity (Wildman–Crippen MR) is 160 cm³/mol. The van der Waals surface area contributed by atoms with Gasteiger partial charge < -0.3 is 15.6 Å². The first-order valence-corrected chi connectivity index (χ1v) is 15.2. The van der Waals surface area contributed by atoms with E-state index in [4.69, 9.17) is 18.0 Å². The zero-order chi connectivity index (χ0) is 29.5. The van der Waals surface area contributed by atoms with Crippen LogP contribution in [0.15, 0.2) is 48.7 Å². The van der Waals surface area contributed by atoms with E-state index in [1.165, 1.54) is 0 Å². The molecule has 2 saturated heterocycles. The standard InChI is InChI=1S/C28H30F4N4O3S2.ClH/c29-20-14-24(34-15-20)26(37)7-5-17-4-6-22-23(18-2-1-3-19(13-18)27(33)40)16-36(25(22)12-17)21-8-10-35(11-9-21)41(38,39)28(30,31)32;/h1-4,6,12-13,16,20-21,24,34H,5,7-11,14-15H2,(H2,33,40);1H/t20-,24?;/m0./s1. The van der Waals surface area contributed by atoms with Gasteiger partial charge in [0.1, 0.15) is 16.9 Å². The number of nitrogens with two attached hydrogens (primary N) is 1. The van der Waals surface area contributed by atoms with Gasteiger partial charge in [-0.3, -0.25) is 4.79 Å². The topological polar surface area (TPSA) is 97.4 Å². The van der Waals surface area contributed by atoms with Crippen molar-refractivity contribution in [3.05, 3.63) is 59.8 Å². The molecule has 1 aromatic heterocycles. The van der Waals surface area contributed by atoms with E-state index in [2.05, 4.69) is 5.32 Å². The lowest BCUT2D eigenvalue weighted by Gasteiger charge is -2.32. The number of fused-ring (bicyclic) bond motifs is 1. The molecule has 7 nitrogen and oxygen atoms in total. The summed E-state index contributed by atoms with van der Waals surface area (Å²) in [6.07, 6.45) is 2.18. The van der Waals surface area contributed by atoms with Gasteiger partial charge in [-0.1, -0.05) is 42.5 Å². The number of sulfonamides is 1. The maximum absolute atomic E-state index is 13.5. The quantitative estimate of drug-likeness (QED) is 0.263. The van der Waals surface area contributed by atoms with Crippen LogP contribution in [0.1, 0.15) is 42.9 Å². The number of halogens is 5. The third-order valence-electron chi connectivity index (χ3n) is 7.93. The SMILES string of the molecule is Cl.NC(=S)c1cccc(-c2cn(C3CCN(S(=O)(=O)C(F)(F)F)CC3)c3cc(CCC(=O)C4C[C@H](F)CN4)ccc23)c1. The second kappa shape index (κ2) is 12.6. The summed E-state index contributed by atoms with van der Waals surface area (Å²) in [4.78, 5) is 12.9. The second-order valence-electron chi connectivity index (χ2n) is 10.6. The first-order valence-electron chi connectivity index (χ1n) is 13.4. The molecule has 2 aliphatic rings. The fraction of sp³-hybridized carbons (Fsp3) is 0.429. The second-order valence-corrected chi connectivity index (χ2v) is 13.0. The number of hydrogen-bond donors (Lipinski definition) is 2. The Bertz CT molecular complexity index is 1590. The van der Waals surface area contributed by atoms with Crippen molar-refractivity contribution >= 4 is 56.3 Å². The van der Waals surface area contributed by atoms with Gasteiger partial charge >= 0.3 is 15.5 Å². The van der Waals surface area contributed by atoms with E-state index >= 15 is 0 Å². The van der Waals surface area contributed by atoms with Crippen LogP contribution in [0.3, 0.4) is 0 Å². The number of piperidine rings is 1. The third-order valence-corrected chi connectivity index (χ3v) is 9.80. The summed E-state index contributed by atoms with van der Waals surface area (Å²) in [6, 6.07) is 12.5. The summed E-state index contributed by atoms with van der Waals surface area (Å²) in [5, 5.41) is 3.81. The molecule has 0 amide bonds. The molecule has 0 spiro atoms. The van der Waals surface area contributed by atoms with E-state index in [1.807, 2.05) is 47.2 Å². The number of aromatic nitrogens is 1. The van der Waals surface area contributed by atoms with Crippen molar-refractivity contribution in [3.63, 3.8) is 0 Å². The molecule has 42 heavy (non-hydrogen) atoms. The van der Waals surface area contributed by atoms with E-state index in [9.17, 15) is 30.8 Å². The number of hydrogen-bond acceptors (Lipinski definition) is 5. The van der Waals surface area contributed by atoms with Crippen molar-refractivity contribution in [3.8, 4) is 11.1 Å². The molecule has 1 unspecified atom stereocenters. The molecule has 2 aliphatic heterocycles. The summed E-state index contributed by atoms with van der Waals surface area (Å²) >= 11 is 5.14. The van der Waals surface area contributed by atoms with Crippen molar-refractivity contribution in [1.29, 1.82) is 0 Å². The van der Waals surface area contributed by atoms with Crippen LogP contribution in [0.5, 0.6) is 0 Å². The minimum Gasteiger partial charge on any atom is -0.389 e. The molecule has 3 aromatic rings. The van der Waals surface area contributed by atoms with Gasteiger partial charge in [-0.25, -0.2) is 12.8 Å². The summed E-state index contributed by atoms with van der Waals surface area (Å²) in [6.45, 7) is -0.328. The lowest BCUT2D eigenvalue weighted by molar-refractivity contribution is -0.120. The average Bonchev–Trinajstić information content (AvgIpc) is 3.55. The van der Waals surface area contributed by atoms with Crippen molar-refractivity contribution in [2.24, 2.45) is 5.73 Å². The van der Waals surface area contributed by atoms with Crippen molar-refractivity contribution < 1.29 is 30.8 Å². The molecule has 14 heteroatoms. The minimum absolute atomic E-state index is 0. The van der Waals surface area contributed by atoms with Gasteiger partial charge in [0.05, 0.1) is 6.04 Å². The molecule has 228 valence electrons. The maximum Gasteiger partial charge on any atom is 0.511 e. The van der Waals surface area contributed by atoms with Crippen LogP contribution < -0.4 is 11.1 Å². The Kier molecular flexibility index (Phi) is 9.68. The molecule has 0 bridgehead atoms. The molecule has 3 heterocycles. The number of nitrogens with zero attached hydrogens (tertiary/aromatic N) is 2. The lowest BCUT2D eigenvalue weighted by atomic mass is 9.99. The largest absolute Gasteiger partial charge is 0.511 e. The van der Waals surface area contributed by atoms with Crippen molar-refractivity contribution in [1.82, 2.24) is 14.2 Å². The highest BCUT2D eigenvalue weighted by atomic mass is 35.5. The summed E-state index contributed by atoms with van der Waals surface area (Å²) in [7, 11) is -5.39. The molecule has 3 N–H and O–H groups in total. The van der Waals surface area contributed by atoms with Crippen LogP contribution in [0.2, 0.25) is 0 Å². The smallest absolute Gasteiger partial charge is 0.389 e. The van der Waals surface area contributed by atoms with Crippen LogP contribution in [0.4, 0.5) is 17.6 Å². The highest BCUT2D eigenvalue weighted by molar-refractivity contribution is 7.90. The Morgan fingerprint density at radius 2 is 1.83 bits per heavy atom. The molecular weight excluding hydrogens is 616 g/mol. The number of benzene rings is 2. The minimum atomic E-state index is -5.39. The van der Waals surface area contributed by atoms with E-state index in [0.717, 1.165) is 27.6 Å². The van der Waals surface area contributed by atoms with Gasteiger partial charge in [0, 0.05) is 66.7 Å². The Labute approximate surface area is 252 Å². The molecule has 5 rings (SSSR count). The lowest BCUT2D eigenvalue weighted by Crippen LogP contribution is -2.45. The van der Waals surface area contributed by atoms with E-state index in [0.29, 0.717) is 16.3 Å². The highest BCUT2D eigenvalue weighted by Crippen LogP contribution is 2.38. The number of carbonyl (C=O) groups is 1. The Hall–Kier alpha value is -2.58. The maximum atomic E-state index is 13.5. The third kappa shape index (κ3) is 6.49. The fourth-order valence-electron chi connectivity index (χ4n) is 5.71. The van der Waals surface area contributed by atoms with Gasteiger partial charge in [0.25, 0.3) is 0 Å². The molecule has 0 aliphatic carbocycles. The molecular formula is C28H31ClF4N4O3S2. The first-order chi connectivity index (χ1) is 19.3. The first kappa shape index (κ1) is 32.3.